The fourth-order valence-corrected chi connectivity index (χ4v) is 2.76. The second kappa shape index (κ2) is 4.03. The number of nitrogens with one attached hydrogen (secondary N) is 1. The molecule has 0 aromatic rings. The van der Waals surface area contributed by atoms with Crippen LogP contribution in [0.2, 0.25) is 0 Å². The monoisotopic (exact) mass is 253 g/mol. The van der Waals surface area contributed by atoms with Gasteiger partial charge in [0, 0.05) is 0 Å². The highest BCUT2D eigenvalue weighted by atomic mass is 16.5. The number of carbonyl (C=O) groups is 3. The van der Waals surface area contributed by atoms with Crippen molar-refractivity contribution in [3.8, 4) is 0 Å². The predicted octanol–water partition coefficient (Wildman–Crippen LogP) is -1.47. The summed E-state index contributed by atoms with van der Waals surface area (Å²) in [7, 11) is 0. The van der Waals surface area contributed by atoms with Gasteiger partial charge in [0.15, 0.2) is 0 Å². The number of likely N-dealkylation sites (tertiary alicyclic amines) is 1. The summed E-state index contributed by atoms with van der Waals surface area (Å²) in [6.07, 6.45) is 1.11. The molecule has 0 bridgehead atoms. The number of amides is 3. The molecule has 7 nitrogen and oxygen atoms in total. The second-order valence-electron chi connectivity index (χ2n) is 5.07. The largest absolute Gasteiger partial charge is 0.363 e. The van der Waals surface area contributed by atoms with Crippen molar-refractivity contribution in [2.24, 2.45) is 17.7 Å². The van der Waals surface area contributed by atoms with E-state index in [0.29, 0.717) is 19.3 Å². The summed E-state index contributed by atoms with van der Waals surface area (Å²) in [6, 6.07) is 0. The molecule has 2 saturated heterocycles. The van der Waals surface area contributed by atoms with Crippen molar-refractivity contribution in [2.45, 2.75) is 31.5 Å². The SMILES string of the molecule is NNC(=O)C1CCC(CN2C(=O)C3CC3C2=O)O1. The van der Waals surface area contributed by atoms with Crippen LogP contribution < -0.4 is 11.3 Å². The number of hydrogen-bond donors (Lipinski definition) is 2. The Bertz CT molecular complexity index is 405. The molecule has 0 radical (unpaired) electrons. The molecule has 1 aliphatic carbocycles. The van der Waals surface area contributed by atoms with E-state index >= 15 is 0 Å². The summed E-state index contributed by atoms with van der Waals surface area (Å²) in [4.78, 5) is 36.1. The molecular formula is C11H15N3O4. The van der Waals surface area contributed by atoms with Crippen LogP contribution in [-0.2, 0) is 19.1 Å². The second-order valence-corrected chi connectivity index (χ2v) is 5.07. The number of hydrogen-bond acceptors (Lipinski definition) is 5. The van der Waals surface area contributed by atoms with E-state index in [1.807, 2.05) is 5.43 Å². The van der Waals surface area contributed by atoms with Crippen molar-refractivity contribution in [1.29, 1.82) is 0 Å². The van der Waals surface area contributed by atoms with Gasteiger partial charge in [0.2, 0.25) is 11.8 Å². The fraction of sp³-hybridized carbons (Fsp3) is 0.727. The first-order valence-electron chi connectivity index (χ1n) is 6.13. The van der Waals surface area contributed by atoms with Crippen molar-refractivity contribution in [2.75, 3.05) is 6.54 Å². The molecule has 0 aromatic carbocycles. The first-order valence-corrected chi connectivity index (χ1v) is 6.13. The molecule has 2 aliphatic heterocycles. The Kier molecular flexibility index (Phi) is 2.60. The lowest BCUT2D eigenvalue weighted by Crippen LogP contribution is -2.41. The minimum Gasteiger partial charge on any atom is -0.363 e. The third-order valence-electron chi connectivity index (χ3n) is 3.89. The van der Waals surface area contributed by atoms with E-state index in [2.05, 4.69) is 0 Å². The van der Waals surface area contributed by atoms with Crippen LogP contribution in [-0.4, -0.2) is 41.4 Å². The Labute approximate surface area is 104 Å². The smallest absolute Gasteiger partial charge is 0.263 e. The minimum atomic E-state index is -0.567. The number of nitrogens with zero attached hydrogens (tertiary/aromatic N) is 1. The lowest BCUT2D eigenvalue weighted by atomic mass is 10.2. The number of fused-ring (bicyclic) bond motifs is 1. The van der Waals surface area contributed by atoms with E-state index in [0.717, 1.165) is 0 Å². The van der Waals surface area contributed by atoms with Gasteiger partial charge in [-0.05, 0) is 19.3 Å². The number of ether oxygens (including phenoxy) is 1. The standard InChI is InChI=1S/C11H15N3O4/c12-13-9(15)8-2-1-5(18-8)4-14-10(16)6-3-7(6)11(14)17/h5-8H,1-4,12H2,(H,13,15). The molecule has 3 amide bonds. The molecule has 3 rings (SSSR count). The van der Waals surface area contributed by atoms with Gasteiger partial charge in [0.25, 0.3) is 5.91 Å². The molecular weight excluding hydrogens is 238 g/mol. The summed E-state index contributed by atoms with van der Waals surface area (Å²) in [5.74, 6) is 4.34. The Morgan fingerprint density at radius 2 is 2.00 bits per heavy atom. The van der Waals surface area contributed by atoms with E-state index in [-0.39, 0.29) is 42.2 Å². The highest BCUT2D eigenvalue weighted by Crippen LogP contribution is 2.47. The molecule has 18 heavy (non-hydrogen) atoms. The Morgan fingerprint density at radius 1 is 1.33 bits per heavy atom. The van der Waals surface area contributed by atoms with Crippen molar-refractivity contribution >= 4 is 17.7 Å². The van der Waals surface area contributed by atoms with Gasteiger partial charge in [-0.25, -0.2) is 5.84 Å². The maximum Gasteiger partial charge on any atom is 0.263 e. The molecule has 4 atom stereocenters. The molecule has 7 heteroatoms. The van der Waals surface area contributed by atoms with Crippen molar-refractivity contribution in [3.63, 3.8) is 0 Å². The molecule has 3 fully saturated rings. The lowest BCUT2D eigenvalue weighted by Gasteiger charge is -2.20. The third kappa shape index (κ3) is 1.70. The normalized spacial score (nSPS) is 37.9. The van der Waals surface area contributed by atoms with Crippen molar-refractivity contribution in [1.82, 2.24) is 10.3 Å². The maximum atomic E-state index is 11.8. The van der Waals surface area contributed by atoms with Gasteiger partial charge in [0.1, 0.15) is 6.10 Å². The molecule has 2 heterocycles. The van der Waals surface area contributed by atoms with Gasteiger partial charge < -0.3 is 4.74 Å². The molecule has 3 N–H and O–H groups in total. The number of piperidine rings is 1. The summed E-state index contributed by atoms with van der Waals surface area (Å²) < 4.78 is 5.48. The quantitative estimate of drug-likeness (QED) is 0.277. The molecule has 0 spiro atoms. The van der Waals surface area contributed by atoms with E-state index in [1.54, 1.807) is 0 Å². The molecule has 0 aromatic heterocycles. The zero-order valence-electron chi connectivity index (χ0n) is 9.80. The first kappa shape index (κ1) is 11.6. The highest BCUT2D eigenvalue weighted by molar-refractivity contribution is 6.08. The number of nitrogens with two attached hydrogens (primary N) is 1. The van der Waals surface area contributed by atoms with Crippen LogP contribution in [0.4, 0.5) is 0 Å². The number of carbonyl (C=O) groups excluding carboxylic acids is 3. The molecule has 4 unspecified atom stereocenters. The number of imide groups is 1. The van der Waals surface area contributed by atoms with Gasteiger partial charge in [-0.3, -0.25) is 24.7 Å². The van der Waals surface area contributed by atoms with Crippen LogP contribution in [0.15, 0.2) is 0 Å². The lowest BCUT2D eigenvalue weighted by molar-refractivity contribution is -0.144. The van der Waals surface area contributed by atoms with Gasteiger partial charge in [-0.15, -0.1) is 0 Å². The van der Waals surface area contributed by atoms with Crippen LogP contribution in [0.25, 0.3) is 0 Å². The number of hydrazine groups is 1. The van der Waals surface area contributed by atoms with E-state index in [9.17, 15) is 14.4 Å². The van der Waals surface area contributed by atoms with Crippen LogP contribution >= 0.6 is 0 Å². The Hall–Kier alpha value is -1.47. The van der Waals surface area contributed by atoms with Crippen LogP contribution in [0.3, 0.4) is 0 Å². The fourth-order valence-electron chi connectivity index (χ4n) is 2.76. The molecule has 1 saturated carbocycles. The minimum absolute atomic E-state index is 0.0814. The Balaban J connectivity index is 1.57. The highest BCUT2D eigenvalue weighted by Gasteiger charge is 2.59. The van der Waals surface area contributed by atoms with E-state index in [1.165, 1.54) is 4.90 Å². The van der Waals surface area contributed by atoms with Crippen molar-refractivity contribution in [3.05, 3.63) is 0 Å². The number of rotatable bonds is 3. The summed E-state index contributed by atoms with van der Waals surface area (Å²) >= 11 is 0. The molecule has 98 valence electrons. The average molecular weight is 253 g/mol. The van der Waals surface area contributed by atoms with Crippen molar-refractivity contribution < 1.29 is 19.1 Å². The van der Waals surface area contributed by atoms with E-state index < -0.39 is 6.10 Å². The van der Waals surface area contributed by atoms with Gasteiger partial charge in [-0.2, -0.15) is 0 Å². The van der Waals surface area contributed by atoms with Gasteiger partial charge in [-0.1, -0.05) is 0 Å². The zero-order valence-corrected chi connectivity index (χ0v) is 9.80. The molecule has 3 aliphatic rings. The maximum absolute atomic E-state index is 11.8. The Morgan fingerprint density at radius 3 is 2.61 bits per heavy atom. The van der Waals surface area contributed by atoms with E-state index in [4.69, 9.17) is 10.6 Å². The average Bonchev–Trinajstić information content (AvgIpc) is 2.98. The van der Waals surface area contributed by atoms with Gasteiger partial charge >= 0.3 is 0 Å². The van der Waals surface area contributed by atoms with Gasteiger partial charge in [0.05, 0.1) is 24.5 Å². The van der Waals surface area contributed by atoms with Crippen LogP contribution in [0, 0.1) is 11.8 Å². The van der Waals surface area contributed by atoms with Crippen LogP contribution in [0.1, 0.15) is 19.3 Å². The zero-order chi connectivity index (χ0) is 12.9. The first-order chi connectivity index (χ1) is 8.61. The topological polar surface area (TPSA) is 102 Å². The van der Waals surface area contributed by atoms with Crippen LogP contribution in [0.5, 0.6) is 0 Å². The predicted molar refractivity (Wildman–Crippen MR) is 58.5 cm³/mol. The summed E-state index contributed by atoms with van der Waals surface area (Å²) in [5.41, 5.74) is 2.04. The summed E-state index contributed by atoms with van der Waals surface area (Å²) in [5, 5.41) is 0. The third-order valence-corrected chi connectivity index (χ3v) is 3.89. The summed E-state index contributed by atoms with van der Waals surface area (Å²) in [6.45, 7) is 0.263.